The van der Waals surface area contributed by atoms with E-state index in [4.69, 9.17) is 4.42 Å². The van der Waals surface area contributed by atoms with Gasteiger partial charge in [-0.1, -0.05) is 45.0 Å². The van der Waals surface area contributed by atoms with Gasteiger partial charge >= 0.3 is 0 Å². The summed E-state index contributed by atoms with van der Waals surface area (Å²) >= 11 is 0. The van der Waals surface area contributed by atoms with Crippen molar-refractivity contribution in [3.63, 3.8) is 0 Å². The van der Waals surface area contributed by atoms with E-state index in [1.165, 1.54) is 12.0 Å². The van der Waals surface area contributed by atoms with Crippen molar-refractivity contribution in [2.24, 2.45) is 5.92 Å². The molecule has 1 aromatic carbocycles. The molecule has 140 valence electrons. The Bertz CT molecular complexity index is 738. The van der Waals surface area contributed by atoms with Crippen LogP contribution in [0.15, 0.2) is 40.8 Å². The van der Waals surface area contributed by atoms with Crippen molar-refractivity contribution >= 4 is 5.91 Å². The van der Waals surface area contributed by atoms with E-state index in [0.717, 1.165) is 37.4 Å². The largest absolute Gasteiger partial charge is 0.451 e. The van der Waals surface area contributed by atoms with Crippen LogP contribution in [0, 0.1) is 5.92 Å². The molecule has 1 atom stereocenters. The van der Waals surface area contributed by atoms with Crippen LogP contribution < -0.4 is 5.32 Å². The van der Waals surface area contributed by atoms with Crippen LogP contribution in [0.4, 0.5) is 0 Å². The quantitative estimate of drug-likeness (QED) is 0.889. The summed E-state index contributed by atoms with van der Waals surface area (Å²) in [5, 5.41) is 3.22. The summed E-state index contributed by atoms with van der Waals surface area (Å²) in [7, 11) is 1.96. The van der Waals surface area contributed by atoms with Crippen molar-refractivity contribution in [1.82, 2.24) is 10.2 Å². The van der Waals surface area contributed by atoms with E-state index in [2.05, 4.69) is 50.4 Å². The molecule has 1 fully saturated rings. The van der Waals surface area contributed by atoms with Gasteiger partial charge in [-0.25, -0.2) is 0 Å². The first-order valence-corrected chi connectivity index (χ1v) is 9.53. The predicted molar refractivity (Wildman–Crippen MR) is 105 cm³/mol. The highest BCUT2D eigenvalue weighted by Gasteiger charge is 2.26. The number of carbonyl (C=O) groups is 1. The van der Waals surface area contributed by atoms with Crippen LogP contribution in [0.5, 0.6) is 0 Å². The maximum Gasteiger partial charge on any atom is 0.289 e. The molecule has 0 bridgehead atoms. The first kappa shape index (κ1) is 18.7. The van der Waals surface area contributed by atoms with Gasteiger partial charge in [-0.15, -0.1) is 0 Å². The van der Waals surface area contributed by atoms with Gasteiger partial charge in [0.05, 0.1) is 0 Å². The number of piperidine rings is 1. The first-order valence-electron chi connectivity index (χ1n) is 9.53. The maximum atomic E-state index is 12.8. The molecular formula is C22H30N2O2. The number of furan rings is 1. The molecule has 1 aromatic heterocycles. The molecular weight excluding hydrogens is 324 g/mol. The van der Waals surface area contributed by atoms with E-state index in [9.17, 15) is 4.79 Å². The molecule has 1 amide bonds. The minimum absolute atomic E-state index is 0.00312. The van der Waals surface area contributed by atoms with Gasteiger partial charge in [-0.3, -0.25) is 4.79 Å². The second-order valence-corrected chi connectivity index (χ2v) is 8.31. The molecule has 1 unspecified atom stereocenters. The molecule has 2 heterocycles. The van der Waals surface area contributed by atoms with E-state index < -0.39 is 0 Å². The minimum atomic E-state index is 0.00312. The number of rotatable bonds is 4. The summed E-state index contributed by atoms with van der Waals surface area (Å²) in [6.07, 6.45) is 2.23. The third kappa shape index (κ3) is 4.18. The molecule has 1 aliphatic rings. The molecule has 1 saturated heterocycles. The number of nitrogens with zero attached hydrogens (tertiary/aromatic N) is 1. The average Bonchev–Trinajstić information content (AvgIpc) is 3.11. The third-order valence-corrected chi connectivity index (χ3v) is 5.15. The second-order valence-electron chi connectivity index (χ2n) is 8.31. The van der Waals surface area contributed by atoms with Crippen LogP contribution in [-0.2, 0) is 5.41 Å². The molecule has 0 spiro atoms. The Morgan fingerprint density at radius 3 is 2.58 bits per heavy atom. The number of likely N-dealkylation sites (tertiary alicyclic amines) is 1. The number of carbonyl (C=O) groups excluding carboxylic acids is 1. The van der Waals surface area contributed by atoms with Crippen molar-refractivity contribution in [3.8, 4) is 11.3 Å². The van der Waals surface area contributed by atoms with Gasteiger partial charge in [-0.2, -0.15) is 0 Å². The smallest absolute Gasteiger partial charge is 0.289 e. The van der Waals surface area contributed by atoms with Crippen LogP contribution in [0.2, 0.25) is 0 Å². The Labute approximate surface area is 156 Å². The lowest BCUT2D eigenvalue weighted by molar-refractivity contribution is 0.0643. The Hall–Kier alpha value is -2.07. The van der Waals surface area contributed by atoms with Crippen molar-refractivity contribution < 1.29 is 9.21 Å². The number of benzene rings is 1. The van der Waals surface area contributed by atoms with E-state index in [-0.39, 0.29) is 11.3 Å². The van der Waals surface area contributed by atoms with E-state index >= 15 is 0 Å². The molecule has 3 rings (SSSR count). The van der Waals surface area contributed by atoms with Crippen molar-refractivity contribution in [3.05, 3.63) is 47.7 Å². The van der Waals surface area contributed by atoms with Crippen LogP contribution in [-0.4, -0.2) is 37.5 Å². The van der Waals surface area contributed by atoms with E-state index in [1.807, 2.05) is 18.0 Å². The zero-order valence-electron chi connectivity index (χ0n) is 16.3. The summed E-state index contributed by atoms with van der Waals surface area (Å²) < 4.78 is 5.90. The van der Waals surface area contributed by atoms with Crippen LogP contribution in [0.25, 0.3) is 11.3 Å². The van der Waals surface area contributed by atoms with Crippen molar-refractivity contribution in [2.45, 2.75) is 39.0 Å². The maximum absolute atomic E-state index is 12.8. The first-order chi connectivity index (χ1) is 12.4. The van der Waals surface area contributed by atoms with Crippen LogP contribution >= 0.6 is 0 Å². The summed E-state index contributed by atoms with van der Waals surface area (Å²) in [5.41, 5.74) is 2.41. The minimum Gasteiger partial charge on any atom is -0.451 e. The molecule has 0 radical (unpaired) electrons. The monoisotopic (exact) mass is 354 g/mol. The lowest BCUT2D eigenvalue weighted by atomic mass is 9.86. The lowest BCUT2D eigenvalue weighted by Crippen LogP contribution is -2.42. The van der Waals surface area contributed by atoms with Crippen LogP contribution in [0.1, 0.15) is 49.7 Å². The predicted octanol–water partition coefficient (Wildman–Crippen LogP) is 4.32. The van der Waals surface area contributed by atoms with E-state index in [0.29, 0.717) is 11.7 Å². The topological polar surface area (TPSA) is 45.5 Å². The van der Waals surface area contributed by atoms with Gasteiger partial charge in [0.25, 0.3) is 5.91 Å². The molecule has 0 saturated carbocycles. The summed E-state index contributed by atoms with van der Waals surface area (Å²) in [4.78, 5) is 14.7. The Morgan fingerprint density at radius 2 is 1.92 bits per heavy atom. The van der Waals surface area contributed by atoms with Gasteiger partial charge in [0, 0.05) is 18.7 Å². The highest BCUT2D eigenvalue weighted by molar-refractivity contribution is 5.92. The number of amides is 1. The highest BCUT2D eigenvalue weighted by atomic mass is 16.4. The van der Waals surface area contributed by atoms with Crippen molar-refractivity contribution in [2.75, 3.05) is 26.7 Å². The molecule has 1 aliphatic heterocycles. The van der Waals surface area contributed by atoms with E-state index in [1.54, 1.807) is 6.07 Å². The van der Waals surface area contributed by atoms with Gasteiger partial charge in [-0.05, 0) is 55.5 Å². The SMILES string of the molecule is CNCC1CCCN(C(=O)c2ccc(-c3ccc(C(C)(C)C)cc3)o2)C1. The van der Waals surface area contributed by atoms with Gasteiger partial charge in [0.1, 0.15) is 5.76 Å². The molecule has 26 heavy (non-hydrogen) atoms. The summed E-state index contributed by atoms with van der Waals surface area (Å²) in [6, 6.07) is 12.1. The Balaban J connectivity index is 1.72. The summed E-state index contributed by atoms with van der Waals surface area (Å²) in [6.45, 7) is 9.17. The fourth-order valence-corrected chi connectivity index (χ4v) is 3.60. The van der Waals surface area contributed by atoms with Gasteiger partial charge in [0.2, 0.25) is 0 Å². The van der Waals surface area contributed by atoms with Gasteiger partial charge in [0.15, 0.2) is 5.76 Å². The fraction of sp³-hybridized carbons (Fsp3) is 0.500. The Morgan fingerprint density at radius 1 is 1.19 bits per heavy atom. The molecule has 1 N–H and O–H groups in total. The highest BCUT2D eigenvalue weighted by Crippen LogP contribution is 2.28. The second kappa shape index (κ2) is 7.67. The fourth-order valence-electron chi connectivity index (χ4n) is 3.60. The molecule has 0 aliphatic carbocycles. The standard InChI is InChI=1S/C22H30N2O2/c1-22(2,3)18-9-7-17(8-10-18)19-11-12-20(26-19)21(25)24-13-5-6-16(15-24)14-23-4/h7-12,16,23H,5-6,13-15H2,1-4H3. The van der Waals surface area contributed by atoms with Crippen molar-refractivity contribution in [1.29, 1.82) is 0 Å². The van der Waals surface area contributed by atoms with Gasteiger partial charge < -0.3 is 14.6 Å². The number of hydrogen-bond acceptors (Lipinski definition) is 3. The number of nitrogens with one attached hydrogen (secondary N) is 1. The normalized spacial score (nSPS) is 18.2. The zero-order valence-corrected chi connectivity index (χ0v) is 16.3. The zero-order chi connectivity index (χ0) is 18.7. The molecule has 2 aromatic rings. The van der Waals surface area contributed by atoms with Crippen LogP contribution in [0.3, 0.4) is 0 Å². The molecule has 4 nitrogen and oxygen atoms in total. The summed E-state index contributed by atoms with van der Waals surface area (Å²) in [5.74, 6) is 1.71. The lowest BCUT2D eigenvalue weighted by Gasteiger charge is -2.32. The Kier molecular flexibility index (Phi) is 5.52. The number of hydrogen-bond donors (Lipinski definition) is 1. The average molecular weight is 354 g/mol. The molecule has 4 heteroatoms. The third-order valence-electron chi connectivity index (χ3n) is 5.15.